The molecule has 1 aromatic rings. The molecule has 0 radical (unpaired) electrons. The zero-order chi connectivity index (χ0) is 7.02. The molecule has 0 aliphatic heterocycles. The van der Waals surface area contributed by atoms with Gasteiger partial charge < -0.3 is 4.98 Å². The number of aromatic nitrogens is 1. The Morgan fingerprint density at radius 2 is 1.90 bits per heavy atom. The van der Waals surface area contributed by atoms with Crippen molar-refractivity contribution in [1.29, 1.82) is 0 Å². The molecule has 1 rings (SSSR count). The van der Waals surface area contributed by atoms with Gasteiger partial charge in [0, 0.05) is 5.95 Å². The summed E-state index contributed by atoms with van der Waals surface area (Å²) in [6.45, 7) is 3.54. The first kappa shape index (κ1) is 11.6. The van der Waals surface area contributed by atoms with Gasteiger partial charge in [-0.15, -0.1) is 5.69 Å². The van der Waals surface area contributed by atoms with Crippen LogP contribution in [0.2, 0.25) is 0 Å². The molecule has 0 aromatic carbocycles. The van der Waals surface area contributed by atoms with Crippen molar-refractivity contribution in [3.8, 4) is 0 Å². The van der Waals surface area contributed by atoms with E-state index >= 15 is 0 Å². The Kier molecular flexibility index (Phi) is 5.28. The first-order valence-electron chi connectivity index (χ1n) is 2.58. The van der Waals surface area contributed by atoms with Crippen molar-refractivity contribution >= 4 is 22.6 Å². The molecule has 0 saturated carbocycles. The molecule has 0 N–H and O–H groups in total. The van der Waals surface area contributed by atoms with Crippen molar-refractivity contribution in [2.24, 2.45) is 0 Å². The summed E-state index contributed by atoms with van der Waals surface area (Å²) < 4.78 is 13.4. The second-order valence-corrected chi connectivity index (χ2v) is 3.01. The molecule has 1 nitrogen and oxygen atoms in total. The smallest absolute Gasteiger partial charge is 0.636 e. The number of nitrogens with zero attached hydrogens (tertiary/aromatic N) is 1. The van der Waals surface area contributed by atoms with E-state index in [4.69, 9.17) is 0 Å². The van der Waals surface area contributed by atoms with Crippen LogP contribution in [0.25, 0.3) is 0 Å². The van der Waals surface area contributed by atoms with E-state index in [0.717, 1.165) is 9.26 Å². The molecule has 0 saturated heterocycles. The molecule has 4 heteroatoms. The minimum Gasteiger partial charge on any atom is -0.636 e. The van der Waals surface area contributed by atoms with Crippen molar-refractivity contribution < 1.29 is 55.8 Å². The van der Waals surface area contributed by atoms with Gasteiger partial charge in [0.1, 0.15) is 0 Å². The summed E-state index contributed by atoms with van der Waals surface area (Å²) >= 11 is 2.09. The molecule has 0 atom stereocenters. The van der Waals surface area contributed by atoms with Crippen molar-refractivity contribution in [3.05, 3.63) is 20.8 Å². The molecule has 0 unspecified atom stereocenters. The first-order valence-corrected chi connectivity index (χ1v) is 3.65. The fourth-order valence-electron chi connectivity index (χ4n) is 0.642. The van der Waals surface area contributed by atoms with Crippen LogP contribution >= 0.6 is 22.6 Å². The summed E-state index contributed by atoms with van der Waals surface area (Å²) in [5.74, 6) is -0.336. The molecule has 0 spiro atoms. The summed E-state index contributed by atoms with van der Waals surface area (Å²) in [4.78, 5) is 3.64. The van der Waals surface area contributed by atoms with Gasteiger partial charge in [-0.3, -0.25) is 0 Å². The Morgan fingerprint density at radius 3 is 2.00 bits per heavy atom. The molecule has 0 fully saturated rings. The van der Waals surface area contributed by atoms with Crippen LogP contribution in [-0.4, -0.2) is 0 Å². The normalized spacial score (nSPS) is 9.20. The van der Waals surface area contributed by atoms with Crippen molar-refractivity contribution in [2.45, 2.75) is 13.8 Å². The second-order valence-electron chi connectivity index (χ2n) is 1.93. The Hall–Kier alpha value is 1.58. The Balaban J connectivity index is 0.000000810. The molecule has 0 amide bonds. The van der Waals surface area contributed by atoms with E-state index in [-0.39, 0.29) is 57.3 Å². The molecule has 1 heterocycles. The minimum absolute atomic E-state index is 0. The first-order chi connectivity index (χ1) is 4.13. The van der Waals surface area contributed by atoms with Gasteiger partial charge in [0.25, 0.3) is 0 Å². The van der Waals surface area contributed by atoms with E-state index in [1.54, 1.807) is 13.8 Å². The molecular weight excluding hydrogens is 271 g/mol. The van der Waals surface area contributed by atoms with Crippen molar-refractivity contribution in [3.63, 3.8) is 0 Å². The van der Waals surface area contributed by atoms with Gasteiger partial charge in [-0.1, -0.05) is 6.92 Å². The van der Waals surface area contributed by atoms with E-state index in [2.05, 4.69) is 27.6 Å². The van der Waals surface area contributed by atoms with Crippen LogP contribution in [-0.2, 0) is 0 Å². The van der Waals surface area contributed by atoms with E-state index in [1.165, 1.54) is 0 Å². The van der Waals surface area contributed by atoms with Gasteiger partial charge in [-0.05, 0) is 38.6 Å². The van der Waals surface area contributed by atoms with Crippen LogP contribution in [0.4, 0.5) is 4.39 Å². The van der Waals surface area contributed by atoms with Crippen LogP contribution in [0.1, 0.15) is 11.3 Å². The number of halogens is 2. The molecule has 50 valence electrons. The predicted octanol–water partition coefficient (Wildman–Crippen LogP) is -0.992. The van der Waals surface area contributed by atoms with Gasteiger partial charge in [-0.2, -0.15) is 0 Å². The largest absolute Gasteiger partial charge is 1.00 e. The fourth-order valence-corrected chi connectivity index (χ4v) is 0.985. The van der Waals surface area contributed by atoms with Crippen LogP contribution in [0, 0.1) is 23.4 Å². The predicted molar refractivity (Wildman–Crippen MR) is 41.9 cm³/mol. The SMILES string of the molecule is Cc1[n-]c(F)c(C)c1I.[K+]. The summed E-state index contributed by atoms with van der Waals surface area (Å²) in [5, 5.41) is 0. The number of hydrogen-bond donors (Lipinski definition) is 0. The zero-order valence-corrected chi connectivity index (χ0v) is 11.5. The van der Waals surface area contributed by atoms with Gasteiger partial charge in [0.2, 0.25) is 0 Å². The monoisotopic (exact) mass is 277 g/mol. The van der Waals surface area contributed by atoms with Gasteiger partial charge in [-0.25, -0.2) is 4.39 Å². The Morgan fingerprint density at radius 1 is 1.40 bits per heavy atom. The zero-order valence-electron chi connectivity index (χ0n) is 6.20. The van der Waals surface area contributed by atoms with Crippen LogP contribution in [0.3, 0.4) is 0 Å². The van der Waals surface area contributed by atoms with Crippen LogP contribution in [0.5, 0.6) is 0 Å². The number of rotatable bonds is 0. The number of aryl methyl sites for hydroxylation is 1. The molecule has 1 aromatic heterocycles. The van der Waals surface area contributed by atoms with Crippen LogP contribution in [0.15, 0.2) is 0 Å². The van der Waals surface area contributed by atoms with E-state index in [1.807, 2.05) is 0 Å². The third-order valence-electron chi connectivity index (χ3n) is 1.22. The van der Waals surface area contributed by atoms with E-state index in [0.29, 0.717) is 5.56 Å². The molecular formula is C6H6FIKN. The van der Waals surface area contributed by atoms with Gasteiger partial charge in [0.05, 0.1) is 0 Å². The molecule has 0 bridgehead atoms. The fraction of sp³-hybridized carbons (Fsp3) is 0.333. The maximum atomic E-state index is 12.5. The Bertz CT molecular complexity index is 211. The molecule has 0 aliphatic rings. The summed E-state index contributed by atoms with van der Waals surface area (Å²) in [5.41, 5.74) is 1.44. The average Bonchev–Trinajstić information content (AvgIpc) is 1.98. The summed E-state index contributed by atoms with van der Waals surface area (Å²) in [7, 11) is 0. The molecule has 0 aliphatic carbocycles. The van der Waals surface area contributed by atoms with Crippen LogP contribution < -0.4 is 56.4 Å². The van der Waals surface area contributed by atoms with Crippen molar-refractivity contribution in [2.75, 3.05) is 0 Å². The summed E-state index contributed by atoms with van der Waals surface area (Å²) in [6, 6.07) is 0. The second kappa shape index (κ2) is 4.56. The minimum atomic E-state index is -0.336. The average molecular weight is 277 g/mol. The summed E-state index contributed by atoms with van der Waals surface area (Å²) in [6.07, 6.45) is 0. The topological polar surface area (TPSA) is 14.1 Å². The third-order valence-corrected chi connectivity index (χ3v) is 2.81. The van der Waals surface area contributed by atoms with Crippen molar-refractivity contribution in [1.82, 2.24) is 4.98 Å². The molecule has 10 heavy (non-hydrogen) atoms. The van der Waals surface area contributed by atoms with E-state index in [9.17, 15) is 4.39 Å². The Labute approximate surface area is 116 Å². The third kappa shape index (κ3) is 2.28. The maximum absolute atomic E-state index is 12.5. The van der Waals surface area contributed by atoms with Gasteiger partial charge in [0.15, 0.2) is 0 Å². The maximum Gasteiger partial charge on any atom is 1.00 e. The number of hydrogen-bond acceptors (Lipinski definition) is 0. The standard InChI is InChI=1S/C6H6FIN.K/c1-3-5(8)4(2)9-6(3)7;/h1-2H3;/q-1;+1. The van der Waals surface area contributed by atoms with Gasteiger partial charge >= 0.3 is 51.4 Å². The quantitative estimate of drug-likeness (QED) is 0.439. The van der Waals surface area contributed by atoms with E-state index < -0.39 is 0 Å².